The number of phenols is 1. The van der Waals surface area contributed by atoms with Crippen LogP contribution in [0.5, 0.6) is 11.5 Å². The summed E-state index contributed by atoms with van der Waals surface area (Å²) in [5.74, 6) is -0.332. The summed E-state index contributed by atoms with van der Waals surface area (Å²) in [5, 5.41) is 11.0. The van der Waals surface area contributed by atoms with Crippen LogP contribution in [0.2, 0.25) is 5.02 Å². The van der Waals surface area contributed by atoms with Crippen LogP contribution in [0, 0.1) is 6.92 Å². The highest BCUT2D eigenvalue weighted by Crippen LogP contribution is 2.45. The lowest BCUT2D eigenvalue weighted by Crippen LogP contribution is -2.29. The number of ether oxygens (including phenoxy) is 1. The normalized spacial score (nSPS) is 15.2. The first-order valence-electron chi connectivity index (χ1n) is 10.0. The quantitative estimate of drug-likeness (QED) is 0.355. The molecule has 33 heavy (non-hydrogen) atoms. The first-order chi connectivity index (χ1) is 15.8. The van der Waals surface area contributed by atoms with Crippen molar-refractivity contribution in [2.75, 3.05) is 12.0 Å². The van der Waals surface area contributed by atoms with E-state index in [1.54, 1.807) is 24.3 Å². The number of aryl methyl sites for hydroxylation is 1. The van der Waals surface area contributed by atoms with Crippen LogP contribution in [-0.4, -0.2) is 18.1 Å². The lowest BCUT2D eigenvalue weighted by Gasteiger charge is -2.26. The number of amides is 1. The Kier molecular flexibility index (Phi) is 5.18. The van der Waals surface area contributed by atoms with E-state index in [1.807, 2.05) is 31.2 Å². The number of benzene rings is 3. The van der Waals surface area contributed by atoms with Crippen LogP contribution in [0.15, 0.2) is 68.3 Å². The third-order valence-corrected chi connectivity index (χ3v) is 6.57. The number of hydrogen-bond acceptors (Lipinski definition) is 5. The number of nitrogens with zero attached hydrogens (tertiary/aromatic N) is 1. The fourth-order valence-electron chi connectivity index (χ4n) is 4.14. The zero-order chi connectivity index (χ0) is 23.4. The van der Waals surface area contributed by atoms with E-state index in [1.165, 1.54) is 18.1 Å². The predicted octanol–water partition coefficient (Wildman–Crippen LogP) is 5.98. The number of carbonyl (C=O) groups is 1. The largest absolute Gasteiger partial charge is 0.503 e. The molecule has 8 heteroatoms. The Hall–Kier alpha value is -3.29. The van der Waals surface area contributed by atoms with Crippen LogP contribution in [0.3, 0.4) is 0 Å². The van der Waals surface area contributed by atoms with Crippen LogP contribution >= 0.6 is 27.5 Å². The topological polar surface area (TPSA) is 80.0 Å². The third-order valence-electron chi connectivity index (χ3n) is 5.73. The molecule has 166 valence electrons. The zero-order valence-electron chi connectivity index (χ0n) is 17.6. The molecule has 1 atom stereocenters. The van der Waals surface area contributed by atoms with E-state index in [-0.39, 0.29) is 39.2 Å². The van der Waals surface area contributed by atoms with Crippen molar-refractivity contribution in [3.8, 4) is 11.5 Å². The highest BCUT2D eigenvalue weighted by Gasteiger charge is 2.44. The maximum Gasteiger partial charge on any atom is 0.295 e. The van der Waals surface area contributed by atoms with E-state index >= 15 is 0 Å². The van der Waals surface area contributed by atoms with Gasteiger partial charge in [0, 0.05) is 10.7 Å². The molecular formula is C25H17BrClNO5. The minimum Gasteiger partial charge on any atom is -0.503 e. The highest BCUT2D eigenvalue weighted by molar-refractivity contribution is 9.10. The summed E-state index contributed by atoms with van der Waals surface area (Å²) in [4.78, 5) is 28.8. The lowest BCUT2D eigenvalue weighted by molar-refractivity contribution is 0.0971. The Labute approximate surface area is 202 Å². The highest BCUT2D eigenvalue weighted by atomic mass is 79.9. The smallest absolute Gasteiger partial charge is 0.295 e. The third kappa shape index (κ3) is 3.39. The van der Waals surface area contributed by atoms with Crippen LogP contribution in [0.25, 0.3) is 11.0 Å². The minimum atomic E-state index is -0.805. The minimum absolute atomic E-state index is 0.0245. The number of phenolic OH excluding ortho intramolecular Hbond substituents is 1. The number of hydrogen-bond donors (Lipinski definition) is 1. The molecule has 1 aliphatic heterocycles. The van der Waals surface area contributed by atoms with Crippen LogP contribution in [0.1, 0.15) is 33.3 Å². The summed E-state index contributed by atoms with van der Waals surface area (Å²) in [7, 11) is 1.43. The summed E-state index contributed by atoms with van der Waals surface area (Å²) in [5.41, 5.74) is 2.35. The van der Waals surface area contributed by atoms with E-state index < -0.39 is 11.9 Å². The van der Waals surface area contributed by atoms with Crippen LogP contribution < -0.4 is 15.1 Å². The molecule has 1 N–H and O–H groups in total. The van der Waals surface area contributed by atoms with Gasteiger partial charge in [-0.05, 0) is 70.9 Å². The Balaban J connectivity index is 1.84. The zero-order valence-corrected chi connectivity index (χ0v) is 19.9. The first-order valence-corrected chi connectivity index (χ1v) is 11.2. The van der Waals surface area contributed by atoms with Gasteiger partial charge in [0.1, 0.15) is 5.58 Å². The van der Waals surface area contributed by atoms with E-state index in [0.717, 1.165) is 5.56 Å². The summed E-state index contributed by atoms with van der Waals surface area (Å²) in [6.45, 7) is 1.95. The van der Waals surface area contributed by atoms with Gasteiger partial charge in [-0.15, -0.1) is 0 Å². The van der Waals surface area contributed by atoms with E-state index in [0.29, 0.717) is 20.7 Å². The maximum absolute atomic E-state index is 13.6. The summed E-state index contributed by atoms with van der Waals surface area (Å²) >= 11 is 9.47. The van der Waals surface area contributed by atoms with Crippen molar-refractivity contribution in [2.24, 2.45) is 0 Å². The molecular weight excluding hydrogens is 510 g/mol. The SMILES string of the molecule is COc1cc(C2c3c(oc4ccc(Cl)cc4c3=O)C(=O)N2c2ccc(C)cc2)cc(Br)c1O. The molecule has 1 unspecified atom stereocenters. The molecule has 0 aliphatic carbocycles. The van der Waals surface area contributed by atoms with E-state index in [4.69, 9.17) is 20.8 Å². The van der Waals surface area contributed by atoms with E-state index in [9.17, 15) is 14.7 Å². The van der Waals surface area contributed by atoms with Crippen LogP contribution in [-0.2, 0) is 0 Å². The summed E-state index contributed by atoms with van der Waals surface area (Å²) in [6, 6.07) is 14.6. The molecule has 3 aromatic carbocycles. The number of methoxy groups -OCH3 is 1. The standard InChI is InChI=1S/C25H17BrClNO5/c1-12-3-6-15(7-4-12)28-21(13-9-17(26)23(30)19(10-13)32-2)20-22(29)16-11-14(27)5-8-18(16)33-24(20)25(28)31/h3-11,21,30H,1-2H3. The molecule has 0 saturated carbocycles. The van der Waals surface area contributed by atoms with Gasteiger partial charge in [0.25, 0.3) is 5.91 Å². The molecule has 1 aliphatic rings. The Bertz CT molecular complexity index is 1500. The van der Waals surface area contributed by atoms with Crippen molar-refractivity contribution >= 4 is 50.1 Å². The molecule has 1 aromatic heterocycles. The molecule has 0 fully saturated rings. The van der Waals surface area contributed by atoms with Gasteiger partial charge in [0.05, 0.1) is 28.6 Å². The van der Waals surface area contributed by atoms with Crippen molar-refractivity contribution < 1.29 is 19.1 Å². The number of fused-ring (bicyclic) bond motifs is 2. The first kappa shape index (κ1) is 21.6. The lowest BCUT2D eigenvalue weighted by atomic mass is 9.97. The average Bonchev–Trinajstić information content (AvgIpc) is 3.09. The van der Waals surface area contributed by atoms with Crippen molar-refractivity contribution in [3.05, 3.63) is 96.8 Å². The number of carbonyl (C=O) groups excluding carboxylic acids is 1. The van der Waals surface area contributed by atoms with Crippen molar-refractivity contribution in [1.29, 1.82) is 0 Å². The number of rotatable bonds is 3. The van der Waals surface area contributed by atoms with Crippen molar-refractivity contribution in [1.82, 2.24) is 0 Å². The summed E-state index contributed by atoms with van der Waals surface area (Å²) < 4.78 is 11.6. The van der Waals surface area contributed by atoms with Gasteiger partial charge in [0.2, 0.25) is 5.76 Å². The van der Waals surface area contributed by atoms with Gasteiger partial charge < -0.3 is 14.3 Å². The molecule has 5 rings (SSSR count). The molecule has 0 bridgehead atoms. The van der Waals surface area contributed by atoms with Gasteiger partial charge in [-0.25, -0.2) is 0 Å². The van der Waals surface area contributed by atoms with Crippen molar-refractivity contribution in [3.63, 3.8) is 0 Å². The monoisotopic (exact) mass is 525 g/mol. The van der Waals surface area contributed by atoms with Crippen molar-refractivity contribution in [2.45, 2.75) is 13.0 Å². The maximum atomic E-state index is 13.6. The second-order valence-corrected chi connectivity index (χ2v) is 9.07. The molecule has 0 radical (unpaired) electrons. The predicted molar refractivity (Wildman–Crippen MR) is 130 cm³/mol. The number of halogens is 2. The van der Waals surface area contributed by atoms with Crippen LogP contribution in [0.4, 0.5) is 5.69 Å². The Morgan fingerprint density at radius 2 is 1.82 bits per heavy atom. The molecule has 0 saturated heterocycles. The number of anilines is 1. The van der Waals surface area contributed by atoms with Gasteiger partial charge in [-0.2, -0.15) is 0 Å². The fourth-order valence-corrected chi connectivity index (χ4v) is 4.77. The van der Waals surface area contributed by atoms with Gasteiger partial charge in [-0.3, -0.25) is 14.5 Å². The molecule has 6 nitrogen and oxygen atoms in total. The van der Waals surface area contributed by atoms with E-state index in [2.05, 4.69) is 15.9 Å². The number of aromatic hydroxyl groups is 1. The molecule has 1 amide bonds. The molecule has 4 aromatic rings. The Morgan fingerprint density at radius 3 is 2.52 bits per heavy atom. The average molecular weight is 527 g/mol. The van der Waals surface area contributed by atoms with Gasteiger partial charge in [0.15, 0.2) is 16.9 Å². The van der Waals surface area contributed by atoms with Gasteiger partial charge >= 0.3 is 0 Å². The molecule has 0 spiro atoms. The second kappa shape index (κ2) is 7.93. The fraction of sp³-hybridized carbons (Fsp3) is 0.120. The Morgan fingerprint density at radius 1 is 1.09 bits per heavy atom. The second-order valence-electron chi connectivity index (χ2n) is 7.78. The molecule has 2 heterocycles. The summed E-state index contributed by atoms with van der Waals surface area (Å²) in [6.07, 6.45) is 0. The van der Waals surface area contributed by atoms with Gasteiger partial charge in [-0.1, -0.05) is 29.3 Å².